The zero-order chi connectivity index (χ0) is 25.0. The van der Waals surface area contributed by atoms with E-state index in [9.17, 15) is 17.6 Å². The number of carbonyl (C=O) groups is 1. The van der Waals surface area contributed by atoms with Gasteiger partial charge in [-0.2, -0.15) is 0 Å². The first-order valence-electron chi connectivity index (χ1n) is 10.9. The van der Waals surface area contributed by atoms with Crippen LogP contribution in [-0.4, -0.2) is 41.2 Å². The highest BCUT2D eigenvalue weighted by atomic mass is 32.2. The lowest BCUT2D eigenvalue weighted by atomic mass is 10.1. The van der Waals surface area contributed by atoms with E-state index in [4.69, 9.17) is 14.2 Å². The predicted molar refractivity (Wildman–Crippen MR) is 128 cm³/mol. The van der Waals surface area contributed by atoms with Gasteiger partial charge < -0.3 is 19.5 Å². The van der Waals surface area contributed by atoms with Gasteiger partial charge in [-0.05, 0) is 61.0 Å². The van der Waals surface area contributed by atoms with Crippen LogP contribution in [0.4, 0.5) is 10.1 Å². The third kappa shape index (κ3) is 5.48. The summed E-state index contributed by atoms with van der Waals surface area (Å²) < 4.78 is 57.8. The van der Waals surface area contributed by atoms with E-state index in [-0.39, 0.29) is 16.6 Å². The van der Waals surface area contributed by atoms with Crippen molar-refractivity contribution in [2.45, 2.75) is 17.9 Å². The fourth-order valence-electron chi connectivity index (χ4n) is 3.63. The van der Waals surface area contributed by atoms with Crippen molar-refractivity contribution in [3.63, 3.8) is 0 Å². The minimum Gasteiger partial charge on any atom is -0.497 e. The Morgan fingerprint density at radius 2 is 1.69 bits per heavy atom. The zero-order valence-corrected chi connectivity index (χ0v) is 20.0. The molecule has 0 aromatic heterocycles. The number of fused-ring (bicyclic) bond motifs is 1. The molecule has 1 heterocycles. The van der Waals surface area contributed by atoms with Crippen LogP contribution in [0.1, 0.15) is 18.5 Å². The summed E-state index contributed by atoms with van der Waals surface area (Å²) in [5.41, 5.74) is 0.968. The highest BCUT2D eigenvalue weighted by Crippen LogP contribution is 2.34. The maximum Gasteiger partial charge on any atom is 0.264 e. The van der Waals surface area contributed by atoms with Crippen molar-refractivity contribution >= 4 is 21.6 Å². The van der Waals surface area contributed by atoms with Crippen LogP contribution in [0.3, 0.4) is 0 Å². The van der Waals surface area contributed by atoms with Gasteiger partial charge >= 0.3 is 0 Å². The van der Waals surface area contributed by atoms with Gasteiger partial charge in [0.2, 0.25) is 5.91 Å². The summed E-state index contributed by atoms with van der Waals surface area (Å²) in [5.74, 6) is 0.366. The summed E-state index contributed by atoms with van der Waals surface area (Å²) in [7, 11) is -2.65. The fraction of sp³-hybridized carbons (Fsp3) is 0.240. The Kier molecular flexibility index (Phi) is 7.11. The predicted octanol–water partition coefficient (Wildman–Crippen LogP) is 3.68. The second kappa shape index (κ2) is 10.2. The van der Waals surface area contributed by atoms with Crippen molar-refractivity contribution in [1.29, 1.82) is 0 Å². The molecule has 0 fully saturated rings. The van der Waals surface area contributed by atoms with Gasteiger partial charge in [-0.3, -0.25) is 9.10 Å². The first-order chi connectivity index (χ1) is 16.8. The molecule has 1 aliphatic heterocycles. The Morgan fingerprint density at radius 3 is 2.34 bits per heavy atom. The molecular formula is C25H25FN2O6S. The van der Waals surface area contributed by atoms with E-state index < -0.39 is 28.3 Å². The van der Waals surface area contributed by atoms with E-state index in [2.05, 4.69) is 5.32 Å². The highest BCUT2D eigenvalue weighted by molar-refractivity contribution is 7.92. The highest BCUT2D eigenvalue weighted by Gasteiger charge is 2.29. The molecule has 3 aromatic rings. The third-order valence-corrected chi connectivity index (χ3v) is 7.27. The number of ether oxygens (including phenoxy) is 3. The zero-order valence-electron chi connectivity index (χ0n) is 19.2. The molecule has 4 rings (SSSR count). The van der Waals surface area contributed by atoms with Gasteiger partial charge in [0.1, 0.15) is 31.3 Å². The van der Waals surface area contributed by atoms with E-state index in [0.717, 1.165) is 22.0 Å². The minimum atomic E-state index is -4.21. The number of benzene rings is 3. The molecule has 0 saturated carbocycles. The van der Waals surface area contributed by atoms with Crippen LogP contribution in [0.2, 0.25) is 0 Å². The van der Waals surface area contributed by atoms with E-state index in [1.807, 2.05) is 12.1 Å². The Balaban J connectivity index is 1.60. The number of hydrogen-bond donors (Lipinski definition) is 1. The molecule has 0 saturated heterocycles. The number of hydrogen-bond acceptors (Lipinski definition) is 6. The largest absolute Gasteiger partial charge is 0.497 e. The normalized spacial score (nSPS) is 13.6. The van der Waals surface area contributed by atoms with Gasteiger partial charge in [0, 0.05) is 6.07 Å². The molecule has 8 nitrogen and oxygen atoms in total. The van der Waals surface area contributed by atoms with Gasteiger partial charge in [0.15, 0.2) is 11.5 Å². The summed E-state index contributed by atoms with van der Waals surface area (Å²) in [4.78, 5) is 12.9. The molecule has 1 aliphatic rings. The van der Waals surface area contributed by atoms with Crippen LogP contribution >= 0.6 is 0 Å². The number of carbonyl (C=O) groups excluding carboxylic acids is 1. The van der Waals surface area contributed by atoms with Crippen LogP contribution in [-0.2, 0) is 14.8 Å². The average molecular weight is 501 g/mol. The quantitative estimate of drug-likeness (QED) is 0.507. The van der Waals surface area contributed by atoms with Crippen molar-refractivity contribution in [2.75, 3.05) is 31.2 Å². The number of nitrogens with zero attached hydrogens (tertiary/aromatic N) is 1. The average Bonchev–Trinajstić information content (AvgIpc) is 2.87. The van der Waals surface area contributed by atoms with Gasteiger partial charge in [-0.25, -0.2) is 12.8 Å². The summed E-state index contributed by atoms with van der Waals surface area (Å²) in [6.07, 6.45) is 0. The van der Waals surface area contributed by atoms with Crippen molar-refractivity contribution in [1.82, 2.24) is 5.32 Å². The first-order valence-corrected chi connectivity index (χ1v) is 12.3. The number of methoxy groups -OCH3 is 1. The molecule has 0 bridgehead atoms. The second-order valence-corrected chi connectivity index (χ2v) is 9.72. The fourth-order valence-corrected chi connectivity index (χ4v) is 5.06. The molecule has 1 amide bonds. The number of nitrogens with one attached hydrogen (secondary N) is 1. The number of anilines is 1. The molecule has 1 N–H and O–H groups in total. The van der Waals surface area contributed by atoms with Gasteiger partial charge in [-0.15, -0.1) is 0 Å². The molecule has 10 heteroatoms. The summed E-state index contributed by atoms with van der Waals surface area (Å²) >= 11 is 0. The minimum absolute atomic E-state index is 0.0814. The lowest BCUT2D eigenvalue weighted by Crippen LogP contribution is -2.41. The Morgan fingerprint density at radius 1 is 1.03 bits per heavy atom. The number of rotatable bonds is 8. The van der Waals surface area contributed by atoms with Gasteiger partial charge in [0.05, 0.1) is 23.7 Å². The maximum atomic E-state index is 13.6. The van der Waals surface area contributed by atoms with E-state index in [0.29, 0.717) is 30.5 Å². The van der Waals surface area contributed by atoms with Crippen LogP contribution in [0, 0.1) is 5.82 Å². The molecule has 3 aromatic carbocycles. The van der Waals surface area contributed by atoms with Crippen molar-refractivity contribution < 1.29 is 31.8 Å². The number of sulfonamides is 1. The first kappa shape index (κ1) is 24.3. The Hall–Kier alpha value is -3.79. The van der Waals surface area contributed by atoms with Crippen LogP contribution in [0.25, 0.3) is 0 Å². The molecule has 1 atom stereocenters. The van der Waals surface area contributed by atoms with Crippen molar-refractivity contribution in [3.8, 4) is 17.2 Å². The molecular weight excluding hydrogens is 475 g/mol. The monoisotopic (exact) mass is 500 g/mol. The standard InChI is InChI=1S/C25H25FN2O6S/c1-17(18-3-9-21(32-2)10-4-18)27-25(29)16-28(20-7-5-19(26)6-8-20)35(30,31)22-11-12-23-24(15-22)34-14-13-33-23/h3-12,15,17H,13-14,16H2,1-2H3,(H,27,29)/t17-/m1/s1. The van der Waals surface area contributed by atoms with Crippen LogP contribution in [0.15, 0.2) is 71.6 Å². The molecule has 184 valence electrons. The van der Waals surface area contributed by atoms with Gasteiger partial charge in [0.25, 0.3) is 10.0 Å². The van der Waals surface area contributed by atoms with Crippen LogP contribution in [0.5, 0.6) is 17.2 Å². The van der Waals surface area contributed by atoms with Crippen LogP contribution < -0.4 is 23.8 Å². The molecule has 0 spiro atoms. The topological polar surface area (TPSA) is 94.2 Å². The van der Waals surface area contributed by atoms with E-state index in [1.165, 1.54) is 30.3 Å². The smallest absolute Gasteiger partial charge is 0.264 e. The van der Waals surface area contributed by atoms with Crippen molar-refractivity contribution in [2.24, 2.45) is 0 Å². The third-order valence-electron chi connectivity index (χ3n) is 5.50. The summed E-state index contributed by atoms with van der Waals surface area (Å²) in [6.45, 7) is 1.94. The number of amides is 1. The van der Waals surface area contributed by atoms with E-state index in [1.54, 1.807) is 26.2 Å². The summed E-state index contributed by atoms with van der Waals surface area (Å²) in [6, 6.07) is 15.9. The molecule has 0 radical (unpaired) electrons. The SMILES string of the molecule is COc1ccc([C@@H](C)NC(=O)CN(c2ccc(F)cc2)S(=O)(=O)c2ccc3c(c2)OCCO3)cc1. The Bertz CT molecular complexity index is 1300. The molecule has 0 aliphatic carbocycles. The Labute approximate surface area is 203 Å². The number of halogens is 1. The lowest BCUT2D eigenvalue weighted by molar-refractivity contribution is -0.120. The molecule has 35 heavy (non-hydrogen) atoms. The maximum absolute atomic E-state index is 13.6. The molecule has 0 unspecified atom stereocenters. The summed E-state index contributed by atoms with van der Waals surface area (Å²) in [5, 5.41) is 2.81. The van der Waals surface area contributed by atoms with E-state index >= 15 is 0 Å². The van der Waals surface area contributed by atoms with Crippen molar-refractivity contribution in [3.05, 3.63) is 78.1 Å². The van der Waals surface area contributed by atoms with Gasteiger partial charge in [-0.1, -0.05) is 12.1 Å². The second-order valence-electron chi connectivity index (χ2n) is 7.86. The lowest BCUT2D eigenvalue weighted by Gasteiger charge is -2.26.